The summed E-state index contributed by atoms with van der Waals surface area (Å²) >= 11 is 0. The van der Waals surface area contributed by atoms with Crippen LogP contribution in [0.2, 0.25) is 0 Å². The molecule has 37 heavy (non-hydrogen) atoms. The summed E-state index contributed by atoms with van der Waals surface area (Å²) < 4.78 is 22.7. The van der Waals surface area contributed by atoms with Crippen molar-refractivity contribution >= 4 is 5.69 Å². The molecule has 3 aromatic rings. The third-order valence-corrected chi connectivity index (χ3v) is 7.02. The average molecular weight is 498 g/mol. The minimum atomic E-state index is -0.432. The van der Waals surface area contributed by atoms with E-state index in [0.29, 0.717) is 18.8 Å². The van der Waals surface area contributed by atoms with Gasteiger partial charge in [-0.1, -0.05) is 30.3 Å². The number of anilines is 1. The summed E-state index contributed by atoms with van der Waals surface area (Å²) in [5, 5.41) is 19.1. The molecule has 7 nitrogen and oxygen atoms in total. The maximum atomic E-state index is 14.7. The number of rotatable bonds is 7. The highest BCUT2D eigenvalue weighted by Crippen LogP contribution is 2.41. The summed E-state index contributed by atoms with van der Waals surface area (Å²) in [6.07, 6.45) is 11.7. The SMILES string of the molecule is C=CCOC1CCCC2=C1C1=CN(c3ccccc3F)[NH+]([O-])C1=CN2Cc1ccc(-n2cccn2)cc1. The number of nitrogens with zero attached hydrogens (tertiary/aromatic N) is 4. The van der Waals surface area contributed by atoms with E-state index in [1.54, 1.807) is 36.7 Å². The van der Waals surface area contributed by atoms with Gasteiger partial charge >= 0.3 is 0 Å². The molecule has 0 fully saturated rings. The topological polar surface area (TPSA) is 61.0 Å². The monoisotopic (exact) mass is 497 g/mol. The highest BCUT2D eigenvalue weighted by Gasteiger charge is 2.41. The van der Waals surface area contributed by atoms with E-state index in [2.05, 4.69) is 28.7 Å². The van der Waals surface area contributed by atoms with E-state index in [9.17, 15) is 9.60 Å². The van der Waals surface area contributed by atoms with E-state index >= 15 is 0 Å². The van der Waals surface area contributed by atoms with Crippen molar-refractivity contribution in [1.82, 2.24) is 14.7 Å². The first-order chi connectivity index (χ1) is 18.1. The molecule has 0 amide bonds. The van der Waals surface area contributed by atoms with Crippen molar-refractivity contribution in [3.8, 4) is 5.69 Å². The minimum absolute atomic E-state index is 0.158. The Balaban J connectivity index is 1.37. The largest absolute Gasteiger partial charge is 0.602 e. The van der Waals surface area contributed by atoms with Crippen LogP contribution in [0.4, 0.5) is 10.1 Å². The number of hydroxylamine groups is 1. The van der Waals surface area contributed by atoms with Crippen molar-refractivity contribution in [3.05, 3.63) is 131 Å². The predicted octanol–water partition coefficient (Wildman–Crippen LogP) is 4.38. The average Bonchev–Trinajstić information content (AvgIpc) is 3.57. The molecular formula is C29H28FN5O2. The van der Waals surface area contributed by atoms with Crippen LogP contribution < -0.4 is 10.2 Å². The second-order valence-electron chi connectivity index (χ2n) is 9.32. The van der Waals surface area contributed by atoms with Gasteiger partial charge in [0.25, 0.3) is 0 Å². The summed E-state index contributed by atoms with van der Waals surface area (Å²) in [5.41, 5.74) is 5.89. The van der Waals surface area contributed by atoms with E-state index < -0.39 is 5.82 Å². The van der Waals surface area contributed by atoms with Crippen LogP contribution >= 0.6 is 0 Å². The number of nitrogens with one attached hydrogen (secondary N) is 1. The maximum Gasteiger partial charge on any atom is 0.182 e. The first-order valence-electron chi connectivity index (χ1n) is 12.5. The molecule has 6 rings (SSSR count). The van der Waals surface area contributed by atoms with Crippen LogP contribution in [-0.2, 0) is 11.3 Å². The Labute approximate surface area is 215 Å². The highest BCUT2D eigenvalue weighted by atomic mass is 19.1. The number of fused-ring (bicyclic) bond motifs is 2. The molecule has 0 saturated carbocycles. The Hall–Kier alpha value is -3.98. The van der Waals surface area contributed by atoms with Gasteiger partial charge in [-0.2, -0.15) is 10.1 Å². The first-order valence-corrected chi connectivity index (χ1v) is 12.5. The Morgan fingerprint density at radius 1 is 1.14 bits per heavy atom. The van der Waals surface area contributed by atoms with Crippen LogP contribution in [0.1, 0.15) is 24.8 Å². The molecule has 2 aromatic carbocycles. The standard InChI is InChI=1S/C29H28FN5O2/c1-2-17-37-28-10-5-9-26-29(28)23-19-34(25-8-4-3-7-24(25)30)35(36)27(23)20-32(26)18-21-11-13-22(14-12-21)33-16-6-15-31-33/h2-4,6-8,11-16,19-20,28,35H,1,5,9-10,17-18H2. The molecule has 3 heterocycles. The number of benzene rings is 2. The number of halogens is 1. The Morgan fingerprint density at radius 2 is 1.97 bits per heavy atom. The number of ether oxygens (including phenoxy) is 1. The molecule has 2 atom stereocenters. The van der Waals surface area contributed by atoms with Crippen LogP contribution in [0.5, 0.6) is 0 Å². The van der Waals surface area contributed by atoms with Gasteiger partial charge in [0.05, 0.1) is 36.4 Å². The lowest BCUT2D eigenvalue weighted by molar-refractivity contribution is -0.803. The van der Waals surface area contributed by atoms with Gasteiger partial charge in [0.15, 0.2) is 11.5 Å². The molecule has 188 valence electrons. The number of allylic oxidation sites excluding steroid dienone is 2. The summed E-state index contributed by atoms with van der Waals surface area (Å²) in [4.78, 5) is 2.16. The van der Waals surface area contributed by atoms with Gasteiger partial charge in [0.2, 0.25) is 0 Å². The Kier molecular flexibility index (Phi) is 6.21. The quantitative estimate of drug-likeness (QED) is 0.388. The smallest absolute Gasteiger partial charge is 0.182 e. The molecule has 3 aliphatic rings. The Bertz CT molecular complexity index is 1390. The van der Waals surface area contributed by atoms with E-state index in [-0.39, 0.29) is 17.0 Å². The van der Waals surface area contributed by atoms with Crippen LogP contribution in [0.3, 0.4) is 0 Å². The van der Waals surface area contributed by atoms with E-state index in [4.69, 9.17) is 4.74 Å². The maximum absolute atomic E-state index is 14.7. The van der Waals surface area contributed by atoms with Gasteiger partial charge in [0, 0.05) is 30.2 Å². The summed E-state index contributed by atoms with van der Waals surface area (Å²) in [6.45, 7) is 4.83. The third-order valence-electron chi connectivity index (χ3n) is 7.02. The number of hydrogen-bond acceptors (Lipinski definition) is 5. The fourth-order valence-electron chi connectivity index (χ4n) is 5.31. The molecule has 1 aliphatic carbocycles. The van der Waals surface area contributed by atoms with Crippen LogP contribution in [-0.4, -0.2) is 27.4 Å². The van der Waals surface area contributed by atoms with E-state index in [0.717, 1.165) is 47.4 Å². The summed E-state index contributed by atoms with van der Waals surface area (Å²) in [6, 6.07) is 16.5. The fraction of sp³-hybridized carbons (Fsp3) is 0.207. The van der Waals surface area contributed by atoms with Crippen molar-refractivity contribution in [2.75, 3.05) is 11.6 Å². The second kappa shape index (κ2) is 9.82. The van der Waals surface area contributed by atoms with Gasteiger partial charge in [-0.05, 0) is 55.2 Å². The Morgan fingerprint density at radius 3 is 2.73 bits per heavy atom. The zero-order valence-corrected chi connectivity index (χ0v) is 20.4. The van der Waals surface area contributed by atoms with Gasteiger partial charge in [-0.15, -0.1) is 6.58 Å². The van der Waals surface area contributed by atoms with Gasteiger partial charge in [-0.3, -0.25) is 0 Å². The molecule has 2 unspecified atom stereocenters. The zero-order chi connectivity index (χ0) is 25.4. The molecule has 2 aliphatic heterocycles. The van der Waals surface area contributed by atoms with E-state index in [1.807, 2.05) is 35.3 Å². The molecular weight excluding hydrogens is 469 g/mol. The van der Waals surface area contributed by atoms with Crippen molar-refractivity contribution in [2.45, 2.75) is 31.9 Å². The number of hydrogen-bond donors (Lipinski definition) is 1. The molecule has 0 bridgehead atoms. The zero-order valence-electron chi connectivity index (χ0n) is 20.4. The molecule has 0 spiro atoms. The third kappa shape index (κ3) is 4.29. The predicted molar refractivity (Wildman–Crippen MR) is 139 cm³/mol. The summed E-state index contributed by atoms with van der Waals surface area (Å²) in [5.74, 6) is -0.432. The van der Waals surface area contributed by atoms with Crippen molar-refractivity contribution in [3.63, 3.8) is 0 Å². The van der Waals surface area contributed by atoms with E-state index in [1.165, 1.54) is 11.1 Å². The first kappa shape index (κ1) is 23.4. The van der Waals surface area contributed by atoms with Crippen molar-refractivity contribution in [2.24, 2.45) is 0 Å². The molecule has 0 saturated heterocycles. The lowest BCUT2D eigenvalue weighted by Gasteiger charge is -2.38. The van der Waals surface area contributed by atoms with Crippen LogP contribution in [0, 0.1) is 11.0 Å². The van der Waals surface area contributed by atoms with Crippen molar-refractivity contribution in [1.29, 1.82) is 0 Å². The molecule has 1 aromatic heterocycles. The van der Waals surface area contributed by atoms with Crippen molar-refractivity contribution < 1.29 is 14.3 Å². The fourth-order valence-corrected chi connectivity index (χ4v) is 5.31. The molecule has 8 heteroatoms. The van der Waals surface area contributed by atoms with Crippen LogP contribution in [0.15, 0.2) is 115 Å². The molecule has 1 N–H and O–H groups in total. The van der Waals surface area contributed by atoms with Gasteiger partial charge in [-0.25, -0.2) is 14.2 Å². The summed E-state index contributed by atoms with van der Waals surface area (Å²) in [7, 11) is 0. The lowest BCUT2D eigenvalue weighted by atomic mass is 9.85. The van der Waals surface area contributed by atoms with Crippen LogP contribution in [0.25, 0.3) is 5.69 Å². The minimum Gasteiger partial charge on any atom is -0.602 e. The van der Waals surface area contributed by atoms with Gasteiger partial charge < -0.3 is 14.8 Å². The number of quaternary nitrogens is 1. The second-order valence-corrected chi connectivity index (χ2v) is 9.32. The lowest BCUT2D eigenvalue weighted by Crippen LogP contribution is -3.11. The normalized spacial score (nSPS) is 20.9. The molecule has 0 radical (unpaired) electrons. The number of aromatic nitrogens is 2. The highest BCUT2D eigenvalue weighted by molar-refractivity contribution is 5.59. The van der Waals surface area contributed by atoms with Gasteiger partial charge in [0.1, 0.15) is 5.69 Å². The number of para-hydroxylation sites is 1.